The summed E-state index contributed by atoms with van der Waals surface area (Å²) >= 11 is 7.38. The van der Waals surface area contributed by atoms with Crippen molar-refractivity contribution in [3.05, 3.63) is 51.4 Å². The van der Waals surface area contributed by atoms with Crippen molar-refractivity contribution >= 4 is 28.8 Å². The van der Waals surface area contributed by atoms with Crippen LogP contribution in [0.2, 0.25) is 5.02 Å². The van der Waals surface area contributed by atoms with Gasteiger partial charge in [-0.1, -0.05) is 23.7 Å². The number of aliphatic hydroxyl groups excluding tert-OH is 1. The zero-order valence-corrected chi connectivity index (χ0v) is 13.5. The van der Waals surface area contributed by atoms with Gasteiger partial charge in [0.2, 0.25) is 5.91 Å². The van der Waals surface area contributed by atoms with E-state index in [0.29, 0.717) is 16.5 Å². The van der Waals surface area contributed by atoms with Crippen LogP contribution in [0.5, 0.6) is 0 Å². The minimum absolute atomic E-state index is 0.0232. The Morgan fingerprint density at radius 2 is 2.14 bits per heavy atom. The average molecular weight is 337 g/mol. The van der Waals surface area contributed by atoms with E-state index >= 15 is 0 Å². The van der Waals surface area contributed by atoms with Crippen molar-refractivity contribution in [2.45, 2.75) is 31.4 Å². The second kappa shape index (κ2) is 6.77. The Balaban J connectivity index is 1.60. The van der Waals surface area contributed by atoms with E-state index in [9.17, 15) is 9.90 Å². The molecule has 22 heavy (non-hydrogen) atoms. The Hall–Kier alpha value is -1.43. The number of benzene rings is 1. The van der Waals surface area contributed by atoms with Gasteiger partial charge in [-0.05, 0) is 36.5 Å². The Morgan fingerprint density at radius 1 is 1.41 bits per heavy atom. The standard InChI is InChI=1S/C16H17ClN2O2S/c17-12-5-3-10(4-6-12)13(20)9-14(21)19-15(11-1-2-11)16-18-7-8-22-16/h3-8,11,13,15,20H,1-2,9H2,(H,19,21). The molecule has 0 aliphatic heterocycles. The maximum atomic E-state index is 12.2. The largest absolute Gasteiger partial charge is 0.388 e. The lowest BCUT2D eigenvalue weighted by Gasteiger charge is -2.17. The quantitative estimate of drug-likeness (QED) is 0.848. The Bertz CT molecular complexity index is 626. The van der Waals surface area contributed by atoms with Gasteiger partial charge in [0, 0.05) is 16.6 Å². The third-order valence-corrected chi connectivity index (χ3v) is 4.87. The van der Waals surface area contributed by atoms with Crippen LogP contribution in [0.15, 0.2) is 35.8 Å². The molecule has 0 bridgehead atoms. The molecule has 1 aliphatic carbocycles. The van der Waals surface area contributed by atoms with E-state index < -0.39 is 6.10 Å². The van der Waals surface area contributed by atoms with Crippen molar-refractivity contribution in [2.75, 3.05) is 0 Å². The first-order chi connectivity index (χ1) is 10.6. The number of nitrogens with one attached hydrogen (secondary N) is 1. The van der Waals surface area contributed by atoms with Gasteiger partial charge >= 0.3 is 0 Å². The maximum Gasteiger partial charge on any atom is 0.223 e. The van der Waals surface area contributed by atoms with Gasteiger partial charge < -0.3 is 10.4 Å². The molecule has 3 rings (SSSR count). The molecule has 1 heterocycles. The fourth-order valence-electron chi connectivity index (χ4n) is 2.41. The van der Waals surface area contributed by atoms with E-state index in [-0.39, 0.29) is 18.4 Å². The molecule has 1 aromatic heterocycles. The number of halogens is 1. The summed E-state index contributed by atoms with van der Waals surface area (Å²) in [7, 11) is 0. The number of hydrogen-bond acceptors (Lipinski definition) is 4. The number of amides is 1. The van der Waals surface area contributed by atoms with Crippen molar-refractivity contribution in [2.24, 2.45) is 5.92 Å². The van der Waals surface area contributed by atoms with E-state index in [0.717, 1.165) is 17.8 Å². The van der Waals surface area contributed by atoms with Gasteiger partial charge in [-0.3, -0.25) is 4.79 Å². The number of aromatic nitrogens is 1. The molecule has 1 fully saturated rings. The lowest BCUT2D eigenvalue weighted by molar-refractivity contribution is -0.124. The van der Waals surface area contributed by atoms with Gasteiger partial charge in [-0.2, -0.15) is 0 Å². The fraction of sp³-hybridized carbons (Fsp3) is 0.375. The minimum atomic E-state index is -0.826. The van der Waals surface area contributed by atoms with Crippen LogP contribution in [-0.2, 0) is 4.79 Å². The number of rotatable bonds is 6. The molecule has 0 spiro atoms. The van der Waals surface area contributed by atoms with Crippen LogP contribution in [0.1, 0.15) is 42.0 Å². The monoisotopic (exact) mass is 336 g/mol. The van der Waals surface area contributed by atoms with E-state index in [2.05, 4.69) is 10.3 Å². The molecule has 2 N–H and O–H groups in total. The van der Waals surface area contributed by atoms with Crippen molar-refractivity contribution < 1.29 is 9.90 Å². The SMILES string of the molecule is O=C(CC(O)c1ccc(Cl)cc1)NC(c1nccs1)C1CC1. The van der Waals surface area contributed by atoms with Crippen LogP contribution >= 0.6 is 22.9 Å². The third kappa shape index (κ3) is 3.85. The van der Waals surface area contributed by atoms with Crippen LogP contribution in [0.3, 0.4) is 0 Å². The predicted octanol–water partition coefficient (Wildman–Crippen LogP) is 3.49. The lowest BCUT2D eigenvalue weighted by Crippen LogP contribution is -2.30. The summed E-state index contributed by atoms with van der Waals surface area (Å²) in [5, 5.41) is 16.6. The number of carbonyl (C=O) groups is 1. The van der Waals surface area contributed by atoms with E-state index in [1.54, 1.807) is 41.8 Å². The molecule has 1 aromatic carbocycles. The molecule has 0 saturated heterocycles. The summed E-state index contributed by atoms with van der Waals surface area (Å²) < 4.78 is 0. The highest BCUT2D eigenvalue weighted by Gasteiger charge is 2.35. The molecule has 2 atom stereocenters. The highest BCUT2D eigenvalue weighted by molar-refractivity contribution is 7.09. The second-order valence-electron chi connectivity index (χ2n) is 5.52. The van der Waals surface area contributed by atoms with Gasteiger partial charge in [-0.15, -0.1) is 11.3 Å². The summed E-state index contributed by atoms with van der Waals surface area (Å²) in [5.74, 6) is 0.317. The summed E-state index contributed by atoms with van der Waals surface area (Å²) in [4.78, 5) is 16.5. The summed E-state index contributed by atoms with van der Waals surface area (Å²) in [6.45, 7) is 0. The smallest absolute Gasteiger partial charge is 0.223 e. The third-order valence-electron chi connectivity index (χ3n) is 3.76. The van der Waals surface area contributed by atoms with Gasteiger partial charge in [0.25, 0.3) is 0 Å². The van der Waals surface area contributed by atoms with Crippen molar-refractivity contribution in [1.82, 2.24) is 10.3 Å². The number of thiazole rings is 1. The van der Waals surface area contributed by atoms with Crippen LogP contribution in [0.4, 0.5) is 0 Å². The van der Waals surface area contributed by atoms with Crippen molar-refractivity contribution in [3.8, 4) is 0 Å². The van der Waals surface area contributed by atoms with Gasteiger partial charge in [0.1, 0.15) is 5.01 Å². The summed E-state index contributed by atoms with van der Waals surface area (Å²) in [6.07, 6.45) is 3.20. The first-order valence-electron chi connectivity index (χ1n) is 7.26. The van der Waals surface area contributed by atoms with Crippen LogP contribution < -0.4 is 5.32 Å². The molecule has 116 valence electrons. The molecular weight excluding hydrogens is 320 g/mol. The molecule has 1 aliphatic rings. The molecule has 1 saturated carbocycles. The number of carbonyl (C=O) groups excluding carboxylic acids is 1. The van der Waals surface area contributed by atoms with Crippen molar-refractivity contribution in [1.29, 1.82) is 0 Å². The summed E-state index contributed by atoms with van der Waals surface area (Å²) in [6, 6.07) is 6.87. The molecule has 0 radical (unpaired) electrons. The van der Waals surface area contributed by atoms with E-state index in [4.69, 9.17) is 11.6 Å². The Morgan fingerprint density at radius 3 is 2.73 bits per heavy atom. The zero-order valence-electron chi connectivity index (χ0n) is 11.9. The lowest BCUT2D eigenvalue weighted by atomic mass is 10.1. The zero-order chi connectivity index (χ0) is 15.5. The highest BCUT2D eigenvalue weighted by Crippen LogP contribution is 2.41. The Kier molecular flexibility index (Phi) is 4.76. The van der Waals surface area contributed by atoms with E-state index in [1.807, 2.05) is 5.38 Å². The molecule has 2 unspecified atom stereocenters. The van der Waals surface area contributed by atoms with Crippen LogP contribution in [-0.4, -0.2) is 16.0 Å². The summed E-state index contributed by atoms with van der Waals surface area (Å²) in [5.41, 5.74) is 0.691. The van der Waals surface area contributed by atoms with E-state index in [1.165, 1.54) is 0 Å². The number of aliphatic hydroxyl groups is 1. The van der Waals surface area contributed by atoms with Gasteiger partial charge in [0.05, 0.1) is 18.6 Å². The molecule has 1 amide bonds. The normalized spacial score (nSPS) is 17.0. The van der Waals surface area contributed by atoms with Crippen LogP contribution in [0, 0.1) is 5.92 Å². The first kappa shape index (κ1) is 15.5. The molecule has 4 nitrogen and oxygen atoms in total. The average Bonchev–Trinajstić information content (AvgIpc) is 3.19. The fourth-order valence-corrected chi connectivity index (χ4v) is 3.32. The minimum Gasteiger partial charge on any atom is -0.388 e. The predicted molar refractivity (Wildman–Crippen MR) is 86.8 cm³/mol. The molecule has 2 aromatic rings. The van der Waals surface area contributed by atoms with Gasteiger partial charge in [-0.25, -0.2) is 4.98 Å². The molecule has 6 heteroatoms. The number of nitrogens with zero attached hydrogens (tertiary/aromatic N) is 1. The molecular formula is C16H17ClN2O2S. The van der Waals surface area contributed by atoms with Gasteiger partial charge in [0.15, 0.2) is 0 Å². The van der Waals surface area contributed by atoms with Crippen LogP contribution in [0.25, 0.3) is 0 Å². The first-order valence-corrected chi connectivity index (χ1v) is 8.51. The number of hydrogen-bond donors (Lipinski definition) is 2. The van der Waals surface area contributed by atoms with Crippen molar-refractivity contribution in [3.63, 3.8) is 0 Å². The highest BCUT2D eigenvalue weighted by atomic mass is 35.5. The second-order valence-corrected chi connectivity index (χ2v) is 6.89. The maximum absolute atomic E-state index is 12.2. The Labute approximate surface area is 138 Å². The topological polar surface area (TPSA) is 62.2 Å².